The summed E-state index contributed by atoms with van der Waals surface area (Å²) in [5.74, 6) is 1.93. The Kier molecular flexibility index (Phi) is 7.86. The first-order chi connectivity index (χ1) is 28.3. The smallest absolute Gasteiger partial charge is 0.164 e. The summed E-state index contributed by atoms with van der Waals surface area (Å²) in [5.41, 5.74) is 10.5. The van der Waals surface area contributed by atoms with Crippen molar-refractivity contribution in [2.24, 2.45) is 0 Å². The molecule has 0 N–H and O–H groups in total. The zero-order valence-corrected chi connectivity index (χ0v) is 31.6. The Balaban J connectivity index is 1.08. The Labute approximate surface area is 335 Å². The molecule has 1 aliphatic heterocycles. The Morgan fingerprint density at radius 1 is 0.368 bits per heavy atom. The Morgan fingerprint density at radius 2 is 0.842 bits per heavy atom. The molecule has 268 valence electrons. The molecule has 10 aromatic rings. The van der Waals surface area contributed by atoms with Gasteiger partial charge >= 0.3 is 0 Å². The van der Waals surface area contributed by atoms with E-state index in [1.165, 1.54) is 42.4 Å². The average Bonchev–Trinajstić information content (AvgIpc) is 3.67. The van der Waals surface area contributed by atoms with Crippen LogP contribution in [0.25, 0.3) is 54.3 Å². The highest BCUT2D eigenvalue weighted by Crippen LogP contribution is 2.58. The highest BCUT2D eigenvalue weighted by Gasteiger charge is 2.46. The zero-order valence-electron chi connectivity index (χ0n) is 30.8. The van der Waals surface area contributed by atoms with Crippen LogP contribution in [0.5, 0.6) is 0 Å². The zero-order chi connectivity index (χ0) is 37.8. The number of hydrogen-bond donors (Lipinski definition) is 0. The molecule has 8 aromatic carbocycles. The highest BCUT2D eigenvalue weighted by molar-refractivity contribution is 7.25. The SMILES string of the molecule is c1ccc(-c2nc(-c3ccccc3)nc(-c3ccc(N4c5ccccc5C(c5ccccc5)(c5ccc6c(c5)sc5ccccc56)c5ccccc54)cc3)n2)cc1. The first kappa shape index (κ1) is 33.2. The topological polar surface area (TPSA) is 41.9 Å². The molecule has 0 bridgehead atoms. The number of anilines is 3. The standard InChI is InChI=1S/C52H34N4S/c1-4-16-35(17-5-1)49-53-50(36-18-6-2-7-19-36)55-51(54-49)37-28-31-40(32-29-37)56-45-25-13-11-23-43(45)52(38-20-8-3-9-21-38,44-24-12-14-26-46(44)56)39-30-33-42-41-22-10-15-27-47(41)57-48(42)34-39/h1-34H. The Morgan fingerprint density at radius 3 is 1.44 bits per heavy atom. The van der Waals surface area contributed by atoms with E-state index in [9.17, 15) is 0 Å². The summed E-state index contributed by atoms with van der Waals surface area (Å²) in [6.07, 6.45) is 0. The summed E-state index contributed by atoms with van der Waals surface area (Å²) < 4.78 is 2.60. The minimum atomic E-state index is -0.568. The highest BCUT2D eigenvalue weighted by atomic mass is 32.1. The number of benzene rings is 8. The fourth-order valence-corrected chi connectivity index (χ4v) is 9.80. The number of thiophene rings is 1. The summed E-state index contributed by atoms with van der Waals surface area (Å²) >= 11 is 1.87. The second-order valence-electron chi connectivity index (χ2n) is 14.4. The maximum Gasteiger partial charge on any atom is 0.164 e. The molecular formula is C52H34N4S. The number of nitrogens with zero attached hydrogens (tertiary/aromatic N) is 4. The number of para-hydroxylation sites is 2. The fourth-order valence-electron chi connectivity index (χ4n) is 8.66. The molecule has 4 nitrogen and oxygen atoms in total. The molecule has 0 radical (unpaired) electrons. The van der Waals surface area contributed by atoms with E-state index in [2.05, 4.69) is 150 Å². The lowest BCUT2D eigenvalue weighted by Crippen LogP contribution is -2.37. The molecule has 0 atom stereocenters. The van der Waals surface area contributed by atoms with Gasteiger partial charge in [-0.05, 0) is 70.8 Å². The van der Waals surface area contributed by atoms with Gasteiger partial charge in [-0.3, -0.25) is 0 Å². The van der Waals surface area contributed by atoms with Gasteiger partial charge in [0.1, 0.15) is 0 Å². The number of rotatable bonds is 6. The van der Waals surface area contributed by atoms with Gasteiger partial charge in [-0.25, -0.2) is 15.0 Å². The van der Waals surface area contributed by atoms with E-state index in [4.69, 9.17) is 15.0 Å². The molecule has 3 heterocycles. The number of aromatic nitrogens is 3. The first-order valence-corrected chi connectivity index (χ1v) is 20.0. The third kappa shape index (κ3) is 5.39. The molecule has 57 heavy (non-hydrogen) atoms. The van der Waals surface area contributed by atoms with Gasteiger partial charge < -0.3 is 4.90 Å². The third-order valence-electron chi connectivity index (χ3n) is 11.2. The molecule has 0 fully saturated rings. The molecule has 5 heteroatoms. The second kappa shape index (κ2) is 13.5. The van der Waals surface area contributed by atoms with Crippen molar-refractivity contribution in [3.05, 3.63) is 229 Å². The van der Waals surface area contributed by atoms with Crippen molar-refractivity contribution in [2.45, 2.75) is 5.41 Å². The van der Waals surface area contributed by atoms with Crippen LogP contribution >= 0.6 is 11.3 Å². The largest absolute Gasteiger partial charge is 0.310 e. The quantitative estimate of drug-likeness (QED) is 0.170. The van der Waals surface area contributed by atoms with Crippen molar-refractivity contribution >= 4 is 48.6 Å². The molecule has 0 saturated carbocycles. The van der Waals surface area contributed by atoms with Crippen molar-refractivity contribution in [3.8, 4) is 34.2 Å². The Hall–Kier alpha value is -7.21. The third-order valence-corrected chi connectivity index (χ3v) is 12.3. The van der Waals surface area contributed by atoms with Crippen molar-refractivity contribution < 1.29 is 0 Å². The van der Waals surface area contributed by atoms with Crippen LogP contribution < -0.4 is 4.90 Å². The summed E-state index contributed by atoms with van der Waals surface area (Å²) in [4.78, 5) is 17.3. The van der Waals surface area contributed by atoms with Crippen molar-refractivity contribution in [1.29, 1.82) is 0 Å². The van der Waals surface area contributed by atoms with Gasteiger partial charge in [0.05, 0.1) is 16.8 Å². The van der Waals surface area contributed by atoms with Crippen molar-refractivity contribution in [2.75, 3.05) is 4.90 Å². The van der Waals surface area contributed by atoms with E-state index in [-0.39, 0.29) is 0 Å². The van der Waals surface area contributed by atoms with Crippen LogP contribution in [-0.2, 0) is 5.41 Å². The molecule has 0 saturated heterocycles. The second-order valence-corrected chi connectivity index (χ2v) is 15.5. The molecule has 0 unspecified atom stereocenters. The maximum atomic E-state index is 5.00. The minimum absolute atomic E-state index is 0.568. The van der Waals surface area contributed by atoms with E-state index >= 15 is 0 Å². The van der Waals surface area contributed by atoms with Crippen molar-refractivity contribution in [3.63, 3.8) is 0 Å². The summed E-state index contributed by atoms with van der Waals surface area (Å²) in [6, 6.07) is 73.6. The summed E-state index contributed by atoms with van der Waals surface area (Å²) in [7, 11) is 0. The van der Waals surface area contributed by atoms with E-state index in [0.717, 1.165) is 33.8 Å². The van der Waals surface area contributed by atoms with Crippen LogP contribution in [0.1, 0.15) is 22.3 Å². The van der Waals surface area contributed by atoms with E-state index in [1.807, 2.05) is 72.0 Å². The van der Waals surface area contributed by atoms with Crippen LogP contribution in [0.3, 0.4) is 0 Å². The first-order valence-electron chi connectivity index (χ1n) is 19.2. The van der Waals surface area contributed by atoms with Gasteiger partial charge in [-0.2, -0.15) is 0 Å². The van der Waals surface area contributed by atoms with E-state index < -0.39 is 5.41 Å². The predicted molar refractivity (Wildman–Crippen MR) is 236 cm³/mol. The van der Waals surface area contributed by atoms with Crippen LogP contribution in [0.15, 0.2) is 206 Å². The van der Waals surface area contributed by atoms with Crippen LogP contribution in [-0.4, -0.2) is 15.0 Å². The molecule has 2 aromatic heterocycles. The molecule has 0 aliphatic carbocycles. The van der Waals surface area contributed by atoms with Gasteiger partial charge in [0.25, 0.3) is 0 Å². The lowest BCUT2D eigenvalue weighted by atomic mass is 9.62. The van der Waals surface area contributed by atoms with Gasteiger partial charge in [-0.15, -0.1) is 11.3 Å². The van der Waals surface area contributed by atoms with Gasteiger partial charge in [0, 0.05) is 42.6 Å². The maximum absolute atomic E-state index is 5.00. The lowest BCUT2D eigenvalue weighted by molar-refractivity contribution is 0.732. The molecular weight excluding hydrogens is 713 g/mol. The molecule has 0 amide bonds. The summed E-state index contributed by atoms with van der Waals surface area (Å²) in [5, 5.41) is 2.60. The van der Waals surface area contributed by atoms with E-state index in [0.29, 0.717) is 17.5 Å². The minimum Gasteiger partial charge on any atom is -0.310 e. The summed E-state index contributed by atoms with van der Waals surface area (Å²) in [6.45, 7) is 0. The van der Waals surface area contributed by atoms with E-state index in [1.54, 1.807) is 0 Å². The lowest BCUT2D eigenvalue weighted by Gasteiger charge is -2.46. The number of fused-ring (bicyclic) bond motifs is 5. The Bertz CT molecular complexity index is 2960. The fraction of sp³-hybridized carbons (Fsp3) is 0.0192. The molecule has 11 rings (SSSR count). The van der Waals surface area contributed by atoms with Crippen LogP contribution in [0, 0.1) is 0 Å². The van der Waals surface area contributed by atoms with Gasteiger partial charge in [0.2, 0.25) is 0 Å². The normalized spacial score (nSPS) is 13.0. The van der Waals surface area contributed by atoms with Gasteiger partial charge in [-0.1, -0.05) is 158 Å². The van der Waals surface area contributed by atoms with Crippen LogP contribution in [0.4, 0.5) is 17.1 Å². The monoisotopic (exact) mass is 746 g/mol. The van der Waals surface area contributed by atoms with Crippen LogP contribution in [0.2, 0.25) is 0 Å². The van der Waals surface area contributed by atoms with Gasteiger partial charge in [0.15, 0.2) is 17.5 Å². The molecule has 1 aliphatic rings. The number of hydrogen-bond acceptors (Lipinski definition) is 5. The molecule has 0 spiro atoms. The average molecular weight is 747 g/mol. The van der Waals surface area contributed by atoms with Crippen molar-refractivity contribution in [1.82, 2.24) is 15.0 Å². The predicted octanol–water partition coefficient (Wildman–Crippen LogP) is 13.4.